The van der Waals surface area contributed by atoms with Gasteiger partial charge in [-0.1, -0.05) is 42.6 Å². The minimum atomic E-state index is -3.74. The van der Waals surface area contributed by atoms with Crippen LogP contribution >= 0.6 is 11.6 Å². The van der Waals surface area contributed by atoms with Crippen molar-refractivity contribution in [2.75, 3.05) is 25.5 Å². The molecule has 9 heteroatoms. The zero-order valence-corrected chi connectivity index (χ0v) is 20.9. The predicted octanol–water partition coefficient (Wildman–Crippen LogP) is 5.96. The Hall–Kier alpha value is -3.07. The largest absolute Gasteiger partial charge is 0.496 e. The number of sulfonamides is 1. The fourth-order valence-electron chi connectivity index (χ4n) is 3.95. The lowest BCUT2D eigenvalue weighted by atomic mass is 10.1. The van der Waals surface area contributed by atoms with Crippen LogP contribution in [0.15, 0.2) is 71.6 Å². The van der Waals surface area contributed by atoms with E-state index >= 15 is 0 Å². The maximum absolute atomic E-state index is 13.3. The standard InChI is InChI=1S/C26H27ClN2O5S/c1-33-24-14-12-21(35(31,32)29-15-7-2-3-8-16-29)18-22(24)26(30)28-23-17-19(27)11-13-25(23)34-20-9-5-4-6-10-20/h4-6,9-14,17-18H,2-3,7-8,15-16H2,1H3,(H,28,30). The number of amides is 1. The van der Waals surface area contributed by atoms with E-state index in [2.05, 4.69) is 5.32 Å². The smallest absolute Gasteiger partial charge is 0.259 e. The van der Waals surface area contributed by atoms with Crippen molar-refractivity contribution in [3.8, 4) is 17.2 Å². The molecule has 184 valence electrons. The third-order valence-electron chi connectivity index (χ3n) is 5.78. The Kier molecular flexibility index (Phi) is 7.95. The number of anilines is 1. The molecule has 7 nitrogen and oxygen atoms in total. The van der Waals surface area contributed by atoms with Crippen LogP contribution in [-0.2, 0) is 10.0 Å². The molecule has 0 atom stereocenters. The van der Waals surface area contributed by atoms with E-state index in [4.69, 9.17) is 21.1 Å². The van der Waals surface area contributed by atoms with Crippen LogP contribution in [0.5, 0.6) is 17.2 Å². The normalized spacial score (nSPS) is 14.7. The lowest BCUT2D eigenvalue weighted by Crippen LogP contribution is -2.32. The lowest BCUT2D eigenvalue weighted by Gasteiger charge is -2.21. The lowest BCUT2D eigenvalue weighted by molar-refractivity contribution is 0.102. The van der Waals surface area contributed by atoms with Gasteiger partial charge in [-0.2, -0.15) is 4.31 Å². The zero-order chi connectivity index (χ0) is 24.8. The van der Waals surface area contributed by atoms with Crippen LogP contribution in [0.4, 0.5) is 5.69 Å². The van der Waals surface area contributed by atoms with Crippen molar-refractivity contribution in [2.24, 2.45) is 0 Å². The van der Waals surface area contributed by atoms with Gasteiger partial charge in [0.15, 0.2) is 5.75 Å². The second-order valence-electron chi connectivity index (χ2n) is 8.19. The van der Waals surface area contributed by atoms with Crippen molar-refractivity contribution in [2.45, 2.75) is 30.6 Å². The highest BCUT2D eigenvalue weighted by Gasteiger charge is 2.27. The molecule has 35 heavy (non-hydrogen) atoms. The highest BCUT2D eigenvalue weighted by Crippen LogP contribution is 2.33. The highest BCUT2D eigenvalue weighted by atomic mass is 35.5. The number of hydrogen-bond donors (Lipinski definition) is 1. The molecule has 3 aromatic rings. The summed E-state index contributed by atoms with van der Waals surface area (Å²) >= 11 is 6.18. The predicted molar refractivity (Wildman–Crippen MR) is 136 cm³/mol. The molecule has 1 fully saturated rings. The highest BCUT2D eigenvalue weighted by molar-refractivity contribution is 7.89. The summed E-state index contributed by atoms with van der Waals surface area (Å²) in [6.07, 6.45) is 3.66. The molecule has 1 saturated heterocycles. The summed E-state index contributed by atoms with van der Waals surface area (Å²) in [5, 5.41) is 3.20. The fraction of sp³-hybridized carbons (Fsp3) is 0.269. The Morgan fingerprint density at radius 3 is 2.29 bits per heavy atom. The van der Waals surface area contributed by atoms with E-state index in [-0.39, 0.29) is 16.2 Å². The maximum Gasteiger partial charge on any atom is 0.259 e. The molecule has 1 aliphatic rings. The minimum absolute atomic E-state index is 0.0530. The number of benzene rings is 3. The third kappa shape index (κ3) is 5.96. The number of nitrogens with one attached hydrogen (secondary N) is 1. The molecule has 0 aromatic heterocycles. The van der Waals surface area contributed by atoms with E-state index in [0.29, 0.717) is 35.3 Å². The molecular formula is C26H27ClN2O5S. The summed E-state index contributed by atoms with van der Waals surface area (Å²) in [4.78, 5) is 13.4. The van der Waals surface area contributed by atoms with Gasteiger partial charge >= 0.3 is 0 Å². The molecule has 1 aliphatic heterocycles. The van der Waals surface area contributed by atoms with Gasteiger partial charge in [-0.15, -0.1) is 0 Å². The Morgan fingerprint density at radius 2 is 1.60 bits per heavy atom. The van der Waals surface area contributed by atoms with Gasteiger partial charge < -0.3 is 14.8 Å². The van der Waals surface area contributed by atoms with Crippen LogP contribution < -0.4 is 14.8 Å². The first kappa shape index (κ1) is 25.0. The van der Waals surface area contributed by atoms with Crippen molar-refractivity contribution in [3.05, 3.63) is 77.3 Å². The molecule has 3 aromatic carbocycles. The van der Waals surface area contributed by atoms with Gasteiger partial charge in [0.25, 0.3) is 5.91 Å². The first-order valence-corrected chi connectivity index (χ1v) is 13.2. The van der Waals surface area contributed by atoms with E-state index in [0.717, 1.165) is 25.7 Å². The van der Waals surface area contributed by atoms with Crippen molar-refractivity contribution in [1.82, 2.24) is 4.31 Å². The summed E-state index contributed by atoms with van der Waals surface area (Å²) in [6.45, 7) is 0.942. The van der Waals surface area contributed by atoms with E-state index < -0.39 is 15.9 Å². The number of rotatable bonds is 7. The van der Waals surface area contributed by atoms with Gasteiger partial charge in [0.05, 0.1) is 23.3 Å². The number of carbonyl (C=O) groups excluding carboxylic acids is 1. The number of halogens is 1. The number of nitrogens with zero attached hydrogens (tertiary/aromatic N) is 1. The molecule has 0 unspecified atom stereocenters. The first-order chi connectivity index (χ1) is 16.9. The number of carbonyl (C=O) groups is 1. The summed E-state index contributed by atoms with van der Waals surface area (Å²) in [7, 11) is -2.31. The van der Waals surface area contributed by atoms with E-state index in [1.807, 2.05) is 18.2 Å². The topological polar surface area (TPSA) is 84.9 Å². The van der Waals surface area contributed by atoms with Crippen molar-refractivity contribution in [3.63, 3.8) is 0 Å². The number of ether oxygens (including phenoxy) is 2. The Balaban J connectivity index is 1.64. The van der Waals surface area contributed by atoms with Crippen LogP contribution in [0.1, 0.15) is 36.0 Å². The molecule has 0 bridgehead atoms. The maximum atomic E-state index is 13.3. The molecular weight excluding hydrogens is 488 g/mol. The number of methoxy groups -OCH3 is 1. The quantitative estimate of drug-likeness (QED) is 0.420. The van der Waals surface area contributed by atoms with Crippen LogP contribution in [-0.4, -0.2) is 38.8 Å². The number of hydrogen-bond acceptors (Lipinski definition) is 5. The van der Waals surface area contributed by atoms with Crippen molar-refractivity contribution in [1.29, 1.82) is 0 Å². The van der Waals surface area contributed by atoms with Crippen LogP contribution in [0.3, 0.4) is 0 Å². The SMILES string of the molecule is COc1ccc(S(=O)(=O)N2CCCCCC2)cc1C(=O)Nc1cc(Cl)ccc1Oc1ccccc1. The van der Waals surface area contributed by atoms with E-state index in [1.54, 1.807) is 30.3 Å². The van der Waals surface area contributed by atoms with E-state index in [9.17, 15) is 13.2 Å². The average Bonchev–Trinajstić information content (AvgIpc) is 3.16. The molecule has 0 aliphatic carbocycles. The van der Waals surface area contributed by atoms with Crippen LogP contribution in [0, 0.1) is 0 Å². The summed E-state index contributed by atoms with van der Waals surface area (Å²) in [6, 6.07) is 18.3. The minimum Gasteiger partial charge on any atom is -0.496 e. The first-order valence-electron chi connectivity index (χ1n) is 11.4. The summed E-state index contributed by atoms with van der Waals surface area (Å²) in [5.74, 6) is 0.689. The Morgan fingerprint density at radius 1 is 0.914 bits per heavy atom. The van der Waals surface area contributed by atoms with Crippen LogP contribution in [0.25, 0.3) is 0 Å². The molecule has 0 radical (unpaired) electrons. The van der Waals surface area contributed by atoms with E-state index in [1.165, 1.54) is 29.6 Å². The second-order valence-corrected chi connectivity index (χ2v) is 10.6. The van der Waals surface area contributed by atoms with Crippen LogP contribution in [0.2, 0.25) is 5.02 Å². The summed E-state index contributed by atoms with van der Waals surface area (Å²) in [5.41, 5.74) is 0.434. The van der Waals surface area contributed by atoms with Gasteiger partial charge in [0.1, 0.15) is 11.5 Å². The average molecular weight is 515 g/mol. The van der Waals surface area contributed by atoms with Gasteiger partial charge in [-0.05, 0) is 61.4 Å². The second kappa shape index (κ2) is 11.1. The molecule has 1 amide bonds. The summed E-state index contributed by atoms with van der Waals surface area (Å²) < 4.78 is 39.4. The zero-order valence-electron chi connectivity index (χ0n) is 19.4. The van der Waals surface area contributed by atoms with Gasteiger partial charge in [0.2, 0.25) is 10.0 Å². The Bertz CT molecular complexity index is 1290. The molecule has 0 saturated carbocycles. The molecule has 4 rings (SSSR count). The van der Waals surface area contributed by atoms with Gasteiger partial charge in [-0.3, -0.25) is 4.79 Å². The van der Waals surface area contributed by atoms with Gasteiger partial charge in [0, 0.05) is 18.1 Å². The number of para-hydroxylation sites is 1. The molecule has 0 spiro atoms. The fourth-order valence-corrected chi connectivity index (χ4v) is 5.67. The van der Waals surface area contributed by atoms with Crippen molar-refractivity contribution < 1.29 is 22.7 Å². The third-order valence-corrected chi connectivity index (χ3v) is 7.91. The van der Waals surface area contributed by atoms with Gasteiger partial charge in [-0.25, -0.2) is 8.42 Å². The monoisotopic (exact) mass is 514 g/mol. The van der Waals surface area contributed by atoms with Crippen molar-refractivity contribution >= 4 is 33.2 Å². The Labute approximate surface area is 210 Å². The molecule has 1 heterocycles. The molecule has 1 N–H and O–H groups in total.